The van der Waals surface area contributed by atoms with Crippen LogP contribution >= 0.6 is 23.5 Å². The van der Waals surface area contributed by atoms with E-state index in [9.17, 15) is 4.79 Å². The second kappa shape index (κ2) is 5.45. The van der Waals surface area contributed by atoms with Crippen LogP contribution in [0.25, 0.3) is 0 Å². The Morgan fingerprint density at radius 2 is 2.15 bits per heavy atom. The zero-order valence-corrected chi connectivity index (χ0v) is 14.2. The first-order chi connectivity index (χ1) is 9.46. The fourth-order valence-corrected chi connectivity index (χ4v) is 5.96. The number of aryl methyl sites for hydroxylation is 1. The van der Waals surface area contributed by atoms with Crippen molar-refractivity contribution in [3.63, 3.8) is 0 Å². The van der Waals surface area contributed by atoms with Gasteiger partial charge in [0.25, 0.3) is 0 Å². The number of nitrogens with zero attached hydrogens (tertiary/aromatic N) is 1. The molecule has 1 fully saturated rings. The fourth-order valence-electron chi connectivity index (χ4n) is 3.31. The van der Waals surface area contributed by atoms with Gasteiger partial charge in [0.1, 0.15) is 0 Å². The average molecular weight is 310 g/mol. The van der Waals surface area contributed by atoms with Gasteiger partial charge in [-0.05, 0) is 24.8 Å². The quantitative estimate of drug-likeness (QED) is 0.829. The van der Waals surface area contributed by atoms with Crippen molar-refractivity contribution in [1.29, 1.82) is 0 Å². The SMILES string of the molecule is Cc1cc2c(n1CC1CSCCS1)CC(C)(C)CC2=O. The minimum atomic E-state index is 0.112. The number of carbonyl (C=O) groups excluding carboxylic acids is 1. The van der Waals surface area contributed by atoms with E-state index in [1.807, 2.05) is 0 Å². The molecule has 2 aliphatic rings. The van der Waals surface area contributed by atoms with Gasteiger partial charge in [-0.2, -0.15) is 23.5 Å². The molecule has 2 heterocycles. The minimum Gasteiger partial charge on any atom is -0.347 e. The standard InChI is InChI=1S/C16H23NOS2/c1-11-6-13-14(7-16(2,3)8-15(13)18)17(11)9-12-10-19-4-5-20-12/h6,12H,4-5,7-10H2,1-3H3. The van der Waals surface area contributed by atoms with Crippen LogP contribution in [-0.2, 0) is 13.0 Å². The summed E-state index contributed by atoms with van der Waals surface area (Å²) in [6.07, 6.45) is 1.73. The Morgan fingerprint density at radius 1 is 1.35 bits per heavy atom. The molecule has 2 nitrogen and oxygen atoms in total. The molecular weight excluding hydrogens is 286 g/mol. The number of carbonyl (C=O) groups is 1. The number of hydrogen-bond acceptors (Lipinski definition) is 3. The van der Waals surface area contributed by atoms with Gasteiger partial charge in [-0.1, -0.05) is 13.8 Å². The number of Topliss-reactive ketones (excluding diaryl/α,β-unsaturated/α-hetero) is 1. The third kappa shape index (κ3) is 2.82. The molecule has 1 unspecified atom stereocenters. The monoisotopic (exact) mass is 309 g/mol. The number of aromatic nitrogens is 1. The molecule has 0 bridgehead atoms. The Morgan fingerprint density at radius 3 is 2.85 bits per heavy atom. The highest BCUT2D eigenvalue weighted by atomic mass is 32.2. The maximum absolute atomic E-state index is 12.3. The van der Waals surface area contributed by atoms with Crippen LogP contribution in [0.15, 0.2) is 6.07 Å². The smallest absolute Gasteiger partial charge is 0.165 e. The number of ketones is 1. The zero-order chi connectivity index (χ0) is 14.3. The normalized spacial score (nSPS) is 25.6. The van der Waals surface area contributed by atoms with Gasteiger partial charge in [-0.15, -0.1) is 0 Å². The van der Waals surface area contributed by atoms with Crippen LogP contribution in [-0.4, -0.2) is 32.9 Å². The molecular formula is C16H23NOS2. The summed E-state index contributed by atoms with van der Waals surface area (Å²) in [7, 11) is 0. The predicted molar refractivity (Wildman–Crippen MR) is 89.2 cm³/mol. The molecule has 3 rings (SSSR count). The third-order valence-corrected chi connectivity index (χ3v) is 7.10. The molecule has 0 amide bonds. The van der Waals surface area contributed by atoms with Gasteiger partial charge < -0.3 is 4.57 Å². The second-order valence-electron chi connectivity index (χ2n) is 6.77. The first-order valence-corrected chi connectivity index (χ1v) is 9.58. The molecule has 1 aliphatic carbocycles. The Kier molecular flexibility index (Phi) is 3.97. The van der Waals surface area contributed by atoms with E-state index in [1.165, 1.54) is 28.6 Å². The summed E-state index contributed by atoms with van der Waals surface area (Å²) in [5.74, 6) is 4.13. The van der Waals surface area contributed by atoms with E-state index < -0.39 is 0 Å². The highest BCUT2D eigenvalue weighted by Gasteiger charge is 2.34. The molecule has 0 spiro atoms. The van der Waals surface area contributed by atoms with Crippen molar-refractivity contribution in [3.8, 4) is 0 Å². The summed E-state index contributed by atoms with van der Waals surface area (Å²) < 4.78 is 2.43. The largest absolute Gasteiger partial charge is 0.347 e. The molecule has 0 N–H and O–H groups in total. The van der Waals surface area contributed by atoms with Crippen LogP contribution in [0.1, 0.15) is 42.0 Å². The molecule has 1 aliphatic heterocycles. The summed E-state index contributed by atoms with van der Waals surface area (Å²) in [4.78, 5) is 12.3. The van der Waals surface area contributed by atoms with Gasteiger partial charge in [0, 0.05) is 52.4 Å². The molecule has 4 heteroatoms. The Labute approximate surface area is 130 Å². The Balaban J connectivity index is 1.90. The van der Waals surface area contributed by atoms with Gasteiger partial charge >= 0.3 is 0 Å². The molecule has 0 aromatic carbocycles. The van der Waals surface area contributed by atoms with Crippen LogP contribution in [0.3, 0.4) is 0 Å². The van der Waals surface area contributed by atoms with Crippen molar-refractivity contribution in [3.05, 3.63) is 23.0 Å². The first kappa shape index (κ1) is 14.6. The molecule has 1 atom stereocenters. The molecule has 1 aromatic rings. The lowest BCUT2D eigenvalue weighted by Gasteiger charge is -2.31. The van der Waals surface area contributed by atoms with E-state index in [2.05, 4.69) is 54.9 Å². The van der Waals surface area contributed by atoms with E-state index in [0.29, 0.717) is 17.5 Å². The van der Waals surface area contributed by atoms with Crippen LogP contribution in [0, 0.1) is 12.3 Å². The number of hydrogen-bond donors (Lipinski definition) is 0. The summed E-state index contributed by atoms with van der Waals surface area (Å²) in [5.41, 5.74) is 3.66. The Hall–Kier alpha value is -0.350. The van der Waals surface area contributed by atoms with E-state index in [4.69, 9.17) is 0 Å². The summed E-state index contributed by atoms with van der Waals surface area (Å²) in [6.45, 7) is 7.65. The maximum Gasteiger partial charge on any atom is 0.165 e. The van der Waals surface area contributed by atoms with Gasteiger partial charge in [0.05, 0.1) is 0 Å². The lowest BCUT2D eigenvalue weighted by Crippen LogP contribution is -2.30. The third-order valence-electron chi connectivity index (χ3n) is 4.27. The molecule has 20 heavy (non-hydrogen) atoms. The van der Waals surface area contributed by atoms with Crippen molar-refractivity contribution in [2.45, 2.75) is 45.4 Å². The van der Waals surface area contributed by atoms with Crippen molar-refractivity contribution in [1.82, 2.24) is 4.57 Å². The number of fused-ring (bicyclic) bond motifs is 1. The lowest BCUT2D eigenvalue weighted by molar-refractivity contribution is 0.0910. The molecule has 0 radical (unpaired) electrons. The van der Waals surface area contributed by atoms with E-state index in [1.54, 1.807) is 0 Å². The average Bonchev–Trinajstić information content (AvgIpc) is 2.67. The lowest BCUT2D eigenvalue weighted by atomic mass is 9.76. The van der Waals surface area contributed by atoms with Gasteiger partial charge in [0.15, 0.2) is 5.78 Å². The number of rotatable bonds is 2. The van der Waals surface area contributed by atoms with E-state index in [0.717, 1.165) is 18.5 Å². The van der Waals surface area contributed by atoms with Crippen LogP contribution < -0.4 is 0 Å². The summed E-state index contributed by atoms with van der Waals surface area (Å²) in [5, 5.41) is 0.698. The highest BCUT2D eigenvalue weighted by molar-refractivity contribution is 8.06. The van der Waals surface area contributed by atoms with Gasteiger partial charge in [0.2, 0.25) is 0 Å². The summed E-state index contributed by atoms with van der Waals surface area (Å²) in [6, 6.07) is 2.12. The Bertz CT molecular complexity index is 527. The first-order valence-electron chi connectivity index (χ1n) is 7.38. The van der Waals surface area contributed by atoms with Gasteiger partial charge in [-0.3, -0.25) is 4.79 Å². The zero-order valence-electron chi connectivity index (χ0n) is 12.6. The van der Waals surface area contributed by atoms with Crippen molar-refractivity contribution >= 4 is 29.3 Å². The molecule has 110 valence electrons. The van der Waals surface area contributed by atoms with Crippen LogP contribution in [0.2, 0.25) is 0 Å². The number of thioether (sulfide) groups is 2. The van der Waals surface area contributed by atoms with E-state index >= 15 is 0 Å². The van der Waals surface area contributed by atoms with E-state index in [-0.39, 0.29) is 5.41 Å². The fraction of sp³-hybridized carbons (Fsp3) is 0.688. The molecule has 0 saturated carbocycles. The molecule has 1 saturated heterocycles. The second-order valence-corrected chi connectivity index (χ2v) is 9.32. The summed E-state index contributed by atoms with van der Waals surface area (Å²) >= 11 is 4.16. The van der Waals surface area contributed by atoms with Crippen molar-refractivity contribution in [2.24, 2.45) is 5.41 Å². The minimum absolute atomic E-state index is 0.112. The van der Waals surface area contributed by atoms with Crippen molar-refractivity contribution in [2.75, 3.05) is 17.3 Å². The maximum atomic E-state index is 12.3. The highest BCUT2D eigenvalue weighted by Crippen LogP contribution is 2.37. The van der Waals surface area contributed by atoms with Crippen LogP contribution in [0.5, 0.6) is 0 Å². The predicted octanol–water partition coefficient (Wildman–Crippen LogP) is 3.80. The molecule has 1 aromatic heterocycles. The van der Waals surface area contributed by atoms with Crippen molar-refractivity contribution < 1.29 is 4.79 Å². The van der Waals surface area contributed by atoms with Gasteiger partial charge in [-0.25, -0.2) is 0 Å². The topological polar surface area (TPSA) is 22.0 Å². The van der Waals surface area contributed by atoms with Crippen LogP contribution in [0.4, 0.5) is 0 Å².